The van der Waals surface area contributed by atoms with Crippen molar-refractivity contribution in [3.63, 3.8) is 0 Å². The Hall–Kier alpha value is -1.29. The molecular formula is C13H17ClN2O. The summed E-state index contributed by atoms with van der Waals surface area (Å²) in [6, 6.07) is 11.8. The second-order valence-corrected chi connectivity index (χ2v) is 4.04. The molecule has 0 fully saturated rings. The molecule has 0 bridgehead atoms. The summed E-state index contributed by atoms with van der Waals surface area (Å²) in [6.07, 6.45) is 0.604. The fourth-order valence-corrected chi connectivity index (χ4v) is 1.83. The van der Waals surface area contributed by atoms with Crippen molar-refractivity contribution in [2.24, 2.45) is 5.73 Å². The summed E-state index contributed by atoms with van der Waals surface area (Å²) in [5.74, 6) is 0. The molecule has 0 spiro atoms. The van der Waals surface area contributed by atoms with Crippen molar-refractivity contribution in [1.29, 1.82) is 0 Å². The van der Waals surface area contributed by atoms with Crippen LogP contribution in [0.3, 0.4) is 0 Å². The minimum absolute atomic E-state index is 0. The largest absolute Gasteiger partial charge is 0.398 e. The lowest BCUT2D eigenvalue weighted by molar-refractivity contribution is 0.265. The Morgan fingerprint density at radius 3 is 2.29 bits per heavy atom. The van der Waals surface area contributed by atoms with E-state index in [0.717, 1.165) is 22.0 Å². The highest BCUT2D eigenvalue weighted by Gasteiger charge is 2.06. The fourth-order valence-electron chi connectivity index (χ4n) is 1.83. The smallest absolute Gasteiger partial charge is 0.0585 e. The van der Waals surface area contributed by atoms with Gasteiger partial charge in [-0.15, -0.1) is 12.4 Å². The van der Waals surface area contributed by atoms with Crippen LogP contribution in [0.5, 0.6) is 0 Å². The number of nitrogens with two attached hydrogens (primary N) is 2. The van der Waals surface area contributed by atoms with Crippen molar-refractivity contribution >= 4 is 28.9 Å². The number of halogens is 1. The third-order valence-electron chi connectivity index (χ3n) is 2.72. The Labute approximate surface area is 107 Å². The summed E-state index contributed by atoms with van der Waals surface area (Å²) < 4.78 is 0. The van der Waals surface area contributed by atoms with Gasteiger partial charge in [0.15, 0.2) is 0 Å². The monoisotopic (exact) mass is 252 g/mol. The van der Waals surface area contributed by atoms with Gasteiger partial charge in [-0.05, 0) is 34.9 Å². The van der Waals surface area contributed by atoms with Crippen molar-refractivity contribution in [2.75, 3.05) is 12.3 Å². The number of benzene rings is 2. The predicted octanol–water partition coefficient (Wildman–Crippen LogP) is 1.71. The highest BCUT2D eigenvalue weighted by atomic mass is 35.5. The van der Waals surface area contributed by atoms with E-state index in [9.17, 15) is 0 Å². The number of anilines is 1. The van der Waals surface area contributed by atoms with Gasteiger partial charge in [-0.3, -0.25) is 0 Å². The minimum Gasteiger partial charge on any atom is -0.398 e. The first-order valence-corrected chi connectivity index (χ1v) is 5.34. The minimum atomic E-state index is -0.247. The van der Waals surface area contributed by atoms with Gasteiger partial charge in [-0.25, -0.2) is 0 Å². The maximum atomic E-state index is 8.93. The van der Waals surface area contributed by atoms with Gasteiger partial charge in [0.25, 0.3) is 0 Å². The topological polar surface area (TPSA) is 72.3 Å². The number of rotatable bonds is 3. The van der Waals surface area contributed by atoms with Crippen molar-refractivity contribution in [3.05, 3.63) is 42.0 Å². The number of fused-ring (bicyclic) bond motifs is 1. The SMILES string of the molecule is Cl.Nc1cc2ccccc2cc1CC(N)CO. The van der Waals surface area contributed by atoms with Crippen molar-refractivity contribution in [2.45, 2.75) is 12.5 Å². The fraction of sp³-hybridized carbons (Fsp3) is 0.231. The van der Waals surface area contributed by atoms with Gasteiger partial charge in [0.05, 0.1) is 6.61 Å². The van der Waals surface area contributed by atoms with Crippen LogP contribution in [0.1, 0.15) is 5.56 Å². The molecule has 0 amide bonds. The van der Waals surface area contributed by atoms with E-state index in [2.05, 4.69) is 0 Å². The van der Waals surface area contributed by atoms with E-state index in [-0.39, 0.29) is 25.1 Å². The molecule has 0 saturated carbocycles. The Kier molecular flexibility index (Phi) is 4.75. The van der Waals surface area contributed by atoms with Gasteiger partial charge in [0.1, 0.15) is 0 Å². The van der Waals surface area contributed by atoms with Crippen LogP contribution in [0, 0.1) is 0 Å². The molecule has 0 aromatic heterocycles. The quantitative estimate of drug-likeness (QED) is 0.728. The van der Waals surface area contributed by atoms with Crippen molar-refractivity contribution < 1.29 is 5.11 Å². The van der Waals surface area contributed by atoms with Crippen LogP contribution in [0.4, 0.5) is 5.69 Å². The normalized spacial score (nSPS) is 12.1. The Morgan fingerprint density at radius 1 is 1.12 bits per heavy atom. The van der Waals surface area contributed by atoms with Crippen LogP contribution in [0.25, 0.3) is 10.8 Å². The van der Waals surface area contributed by atoms with E-state index in [4.69, 9.17) is 16.6 Å². The van der Waals surface area contributed by atoms with Gasteiger partial charge in [-0.1, -0.05) is 24.3 Å². The van der Waals surface area contributed by atoms with Crippen LogP contribution < -0.4 is 11.5 Å². The standard InChI is InChI=1S/C13H16N2O.ClH/c14-12(8-16)6-11-5-9-3-1-2-4-10(9)7-13(11)15;/h1-5,7,12,16H,6,8,14-15H2;1H. The van der Waals surface area contributed by atoms with Gasteiger partial charge >= 0.3 is 0 Å². The van der Waals surface area contributed by atoms with E-state index < -0.39 is 0 Å². The third kappa shape index (κ3) is 3.09. The summed E-state index contributed by atoms with van der Waals surface area (Å²) in [7, 11) is 0. The van der Waals surface area contributed by atoms with Gasteiger partial charge in [0, 0.05) is 11.7 Å². The molecule has 2 aromatic rings. The van der Waals surface area contributed by atoms with E-state index >= 15 is 0 Å². The zero-order valence-corrected chi connectivity index (χ0v) is 10.3. The first kappa shape index (κ1) is 13.8. The lowest BCUT2D eigenvalue weighted by Gasteiger charge is -2.11. The second kappa shape index (κ2) is 5.87. The molecule has 1 atom stereocenters. The number of hydrogen-bond acceptors (Lipinski definition) is 3. The molecule has 2 rings (SSSR count). The molecule has 0 aliphatic rings. The van der Waals surface area contributed by atoms with E-state index in [1.54, 1.807) is 0 Å². The van der Waals surface area contributed by atoms with Crippen molar-refractivity contribution in [1.82, 2.24) is 0 Å². The van der Waals surface area contributed by atoms with E-state index in [1.165, 1.54) is 0 Å². The molecule has 4 heteroatoms. The lowest BCUT2D eigenvalue weighted by atomic mass is 10.0. The maximum absolute atomic E-state index is 8.93. The maximum Gasteiger partial charge on any atom is 0.0585 e. The first-order chi connectivity index (χ1) is 7.70. The van der Waals surface area contributed by atoms with Crippen LogP contribution in [-0.2, 0) is 6.42 Å². The van der Waals surface area contributed by atoms with Gasteiger partial charge in [0.2, 0.25) is 0 Å². The molecule has 3 nitrogen and oxygen atoms in total. The number of nitrogen functional groups attached to an aromatic ring is 1. The predicted molar refractivity (Wildman–Crippen MR) is 74.4 cm³/mol. The zero-order valence-electron chi connectivity index (χ0n) is 9.47. The summed E-state index contributed by atoms with van der Waals surface area (Å²) in [4.78, 5) is 0. The molecule has 0 aliphatic carbocycles. The number of hydrogen-bond donors (Lipinski definition) is 3. The molecule has 2 aromatic carbocycles. The second-order valence-electron chi connectivity index (χ2n) is 4.04. The molecule has 5 N–H and O–H groups in total. The van der Waals surface area contributed by atoms with Crippen molar-refractivity contribution in [3.8, 4) is 0 Å². The average molecular weight is 253 g/mol. The molecule has 0 aliphatic heterocycles. The Morgan fingerprint density at radius 2 is 1.71 bits per heavy atom. The summed E-state index contributed by atoms with van der Waals surface area (Å²) in [5.41, 5.74) is 13.4. The first-order valence-electron chi connectivity index (χ1n) is 5.34. The molecule has 17 heavy (non-hydrogen) atoms. The van der Waals surface area contributed by atoms with E-state index in [0.29, 0.717) is 6.42 Å². The molecule has 0 saturated heterocycles. The summed E-state index contributed by atoms with van der Waals surface area (Å²) >= 11 is 0. The number of aliphatic hydroxyl groups excluding tert-OH is 1. The van der Waals surface area contributed by atoms with Crippen LogP contribution in [-0.4, -0.2) is 17.8 Å². The van der Waals surface area contributed by atoms with Gasteiger partial charge in [-0.2, -0.15) is 0 Å². The summed E-state index contributed by atoms with van der Waals surface area (Å²) in [6.45, 7) is -0.0216. The van der Waals surface area contributed by atoms with Crippen LogP contribution >= 0.6 is 12.4 Å². The molecular weight excluding hydrogens is 236 g/mol. The Bertz CT molecular complexity index is 502. The molecule has 92 valence electrons. The average Bonchev–Trinajstić information content (AvgIpc) is 2.30. The summed E-state index contributed by atoms with van der Waals surface area (Å²) in [5, 5.41) is 11.2. The Balaban J connectivity index is 0.00000144. The third-order valence-corrected chi connectivity index (χ3v) is 2.72. The van der Waals surface area contributed by atoms with Gasteiger partial charge < -0.3 is 16.6 Å². The highest BCUT2D eigenvalue weighted by molar-refractivity contribution is 5.86. The van der Waals surface area contributed by atoms with E-state index in [1.807, 2.05) is 36.4 Å². The zero-order chi connectivity index (χ0) is 11.5. The molecule has 0 heterocycles. The van der Waals surface area contributed by atoms with Crippen LogP contribution in [0.2, 0.25) is 0 Å². The van der Waals surface area contributed by atoms with Crippen LogP contribution in [0.15, 0.2) is 36.4 Å². The number of aliphatic hydroxyl groups is 1. The highest BCUT2D eigenvalue weighted by Crippen LogP contribution is 2.22. The lowest BCUT2D eigenvalue weighted by Crippen LogP contribution is -2.27. The molecule has 0 radical (unpaired) electrons. The molecule has 1 unspecified atom stereocenters.